The Morgan fingerprint density at radius 1 is 1.31 bits per heavy atom. The molecule has 9 heteroatoms. The zero-order valence-corrected chi connectivity index (χ0v) is 14.5. The number of aromatic nitrogens is 1. The summed E-state index contributed by atoms with van der Waals surface area (Å²) in [6.45, 7) is 4.81. The minimum absolute atomic E-state index is 0.0115. The van der Waals surface area contributed by atoms with Gasteiger partial charge in [0.1, 0.15) is 5.76 Å². The number of hydrogen-bond donors (Lipinski definition) is 1. The van der Waals surface area contributed by atoms with Gasteiger partial charge in [0.05, 0.1) is 17.2 Å². The Kier molecular flexibility index (Phi) is 5.39. The van der Waals surface area contributed by atoms with Crippen molar-refractivity contribution >= 4 is 17.6 Å². The number of non-ortho nitro benzene ring substituents is 1. The number of aryl methyl sites for hydroxylation is 2. The lowest BCUT2D eigenvalue weighted by molar-refractivity contribution is -0.384. The Balaban J connectivity index is 2.65. The molecule has 0 aliphatic rings. The van der Waals surface area contributed by atoms with E-state index in [9.17, 15) is 24.8 Å². The highest BCUT2D eigenvalue weighted by Gasteiger charge is 2.50. The number of ether oxygens (including phenoxy) is 1. The van der Waals surface area contributed by atoms with Crippen molar-refractivity contribution in [3.63, 3.8) is 0 Å². The fourth-order valence-corrected chi connectivity index (χ4v) is 2.72. The molecule has 0 aliphatic heterocycles. The molecule has 138 valence electrons. The lowest BCUT2D eigenvalue weighted by Crippen LogP contribution is -2.47. The van der Waals surface area contributed by atoms with Gasteiger partial charge in [-0.3, -0.25) is 19.7 Å². The van der Waals surface area contributed by atoms with Crippen LogP contribution in [0.5, 0.6) is 0 Å². The molecule has 2 aromatic rings. The van der Waals surface area contributed by atoms with Crippen LogP contribution in [0.1, 0.15) is 29.5 Å². The molecule has 0 bridgehead atoms. The fourth-order valence-electron chi connectivity index (χ4n) is 2.72. The van der Waals surface area contributed by atoms with E-state index in [0.717, 1.165) is 12.1 Å². The smallest absolute Gasteiger partial charge is 0.328 e. The van der Waals surface area contributed by atoms with Crippen molar-refractivity contribution in [1.82, 2.24) is 5.16 Å². The molecule has 0 spiro atoms. The van der Waals surface area contributed by atoms with E-state index in [4.69, 9.17) is 9.26 Å². The van der Waals surface area contributed by atoms with Crippen LogP contribution in [0, 0.1) is 24.0 Å². The highest BCUT2D eigenvalue weighted by molar-refractivity contribution is 6.06. The summed E-state index contributed by atoms with van der Waals surface area (Å²) in [6, 6.07) is 4.81. The monoisotopic (exact) mass is 362 g/mol. The summed E-state index contributed by atoms with van der Waals surface area (Å²) in [6.07, 6.45) is -0.250. The van der Waals surface area contributed by atoms with E-state index in [1.54, 1.807) is 20.8 Å². The van der Waals surface area contributed by atoms with E-state index in [-0.39, 0.29) is 24.3 Å². The van der Waals surface area contributed by atoms with Crippen LogP contribution < -0.4 is 0 Å². The molecule has 1 aromatic carbocycles. The maximum absolute atomic E-state index is 12.7. The first kappa shape index (κ1) is 19.1. The van der Waals surface area contributed by atoms with E-state index < -0.39 is 22.3 Å². The summed E-state index contributed by atoms with van der Waals surface area (Å²) in [4.78, 5) is 35.2. The summed E-state index contributed by atoms with van der Waals surface area (Å²) in [7, 11) is 0. The SMILES string of the molecule is CCOC(=O)C(Cc1c(C)noc1C)(C(=O)O)c1ccc([N+](=O)[O-])cc1. The standard InChI is InChI=1S/C17H18N2O7/c1-4-25-16(22)17(15(20)21,9-14-10(2)18-26-11(14)3)12-5-7-13(8-6-12)19(23)24/h5-8H,4,9H2,1-3H3,(H,20,21). The summed E-state index contributed by atoms with van der Waals surface area (Å²) >= 11 is 0. The molecule has 2 rings (SSSR count). The molecule has 0 saturated heterocycles. The zero-order chi connectivity index (χ0) is 19.5. The van der Waals surface area contributed by atoms with Crippen LogP contribution in [0.3, 0.4) is 0 Å². The quantitative estimate of drug-likeness (QED) is 0.343. The number of esters is 1. The van der Waals surface area contributed by atoms with Gasteiger partial charge in [-0.2, -0.15) is 0 Å². The number of hydrogen-bond acceptors (Lipinski definition) is 7. The van der Waals surface area contributed by atoms with Crippen molar-refractivity contribution in [2.75, 3.05) is 6.61 Å². The van der Waals surface area contributed by atoms with Crippen LogP contribution in [0.4, 0.5) is 5.69 Å². The number of carboxylic acid groups (broad SMARTS) is 1. The Hall–Kier alpha value is -3.23. The van der Waals surface area contributed by atoms with E-state index >= 15 is 0 Å². The topological polar surface area (TPSA) is 133 Å². The molecule has 0 aliphatic carbocycles. The van der Waals surface area contributed by atoms with Crippen LogP contribution in [0.15, 0.2) is 28.8 Å². The molecular formula is C17H18N2O7. The number of nitro groups is 1. The van der Waals surface area contributed by atoms with Gasteiger partial charge >= 0.3 is 11.9 Å². The van der Waals surface area contributed by atoms with E-state index in [1.165, 1.54) is 12.1 Å². The van der Waals surface area contributed by atoms with Gasteiger partial charge in [0.25, 0.3) is 5.69 Å². The van der Waals surface area contributed by atoms with Gasteiger partial charge in [0.2, 0.25) is 0 Å². The lowest BCUT2D eigenvalue weighted by Gasteiger charge is -2.27. The maximum Gasteiger partial charge on any atom is 0.328 e. The molecule has 1 aromatic heterocycles. The lowest BCUT2D eigenvalue weighted by atomic mass is 9.75. The number of aliphatic carboxylic acids is 1. The van der Waals surface area contributed by atoms with Crippen molar-refractivity contribution in [2.24, 2.45) is 0 Å². The molecule has 1 heterocycles. The van der Waals surface area contributed by atoms with Crippen molar-refractivity contribution in [1.29, 1.82) is 0 Å². The van der Waals surface area contributed by atoms with Gasteiger partial charge in [0, 0.05) is 24.1 Å². The third kappa shape index (κ3) is 3.28. The number of carboxylic acids is 1. The van der Waals surface area contributed by atoms with Crippen LogP contribution in [-0.2, 0) is 26.2 Å². The molecule has 0 saturated carbocycles. The van der Waals surface area contributed by atoms with Crippen LogP contribution in [0.25, 0.3) is 0 Å². The largest absolute Gasteiger partial charge is 0.480 e. The number of benzene rings is 1. The summed E-state index contributed by atoms with van der Waals surface area (Å²) in [5, 5.41) is 24.6. The molecule has 9 nitrogen and oxygen atoms in total. The molecule has 1 atom stereocenters. The van der Waals surface area contributed by atoms with E-state index in [0.29, 0.717) is 17.0 Å². The van der Waals surface area contributed by atoms with Crippen molar-refractivity contribution in [3.05, 3.63) is 57.0 Å². The molecule has 0 fully saturated rings. The van der Waals surface area contributed by atoms with Crippen LogP contribution in [0.2, 0.25) is 0 Å². The maximum atomic E-state index is 12.7. The Morgan fingerprint density at radius 3 is 2.35 bits per heavy atom. The Morgan fingerprint density at radius 2 is 1.92 bits per heavy atom. The Bertz CT molecular complexity index is 822. The van der Waals surface area contributed by atoms with Gasteiger partial charge in [-0.25, -0.2) is 0 Å². The summed E-state index contributed by atoms with van der Waals surface area (Å²) in [5.41, 5.74) is -1.28. The van der Waals surface area contributed by atoms with Gasteiger partial charge in [-0.15, -0.1) is 0 Å². The normalized spacial score (nSPS) is 13.0. The first-order valence-electron chi connectivity index (χ1n) is 7.81. The third-order valence-corrected chi connectivity index (χ3v) is 4.18. The first-order chi connectivity index (χ1) is 12.2. The summed E-state index contributed by atoms with van der Waals surface area (Å²) < 4.78 is 10.1. The van der Waals surface area contributed by atoms with E-state index in [2.05, 4.69) is 5.16 Å². The molecular weight excluding hydrogens is 344 g/mol. The van der Waals surface area contributed by atoms with Crippen molar-refractivity contribution in [2.45, 2.75) is 32.6 Å². The van der Waals surface area contributed by atoms with Crippen LogP contribution in [-0.4, -0.2) is 33.7 Å². The van der Waals surface area contributed by atoms with Gasteiger partial charge in [-0.1, -0.05) is 17.3 Å². The average Bonchev–Trinajstić information content (AvgIpc) is 2.91. The average molecular weight is 362 g/mol. The molecule has 0 radical (unpaired) electrons. The molecule has 26 heavy (non-hydrogen) atoms. The zero-order valence-electron chi connectivity index (χ0n) is 14.5. The molecule has 1 unspecified atom stereocenters. The number of rotatable bonds is 7. The number of nitrogens with zero attached hydrogens (tertiary/aromatic N) is 2. The fraction of sp³-hybridized carbons (Fsp3) is 0.353. The number of nitro benzene ring substituents is 1. The number of carbonyl (C=O) groups is 2. The second-order valence-electron chi connectivity index (χ2n) is 5.71. The minimum Gasteiger partial charge on any atom is -0.480 e. The van der Waals surface area contributed by atoms with Gasteiger partial charge < -0.3 is 14.4 Å². The van der Waals surface area contributed by atoms with Crippen molar-refractivity contribution < 1.29 is 28.9 Å². The van der Waals surface area contributed by atoms with E-state index in [1.807, 2.05) is 0 Å². The third-order valence-electron chi connectivity index (χ3n) is 4.18. The minimum atomic E-state index is -2.08. The second-order valence-corrected chi connectivity index (χ2v) is 5.71. The Labute approximate surface area is 148 Å². The molecule has 0 amide bonds. The van der Waals surface area contributed by atoms with Gasteiger partial charge in [0.15, 0.2) is 5.41 Å². The second kappa shape index (κ2) is 7.34. The van der Waals surface area contributed by atoms with Crippen molar-refractivity contribution in [3.8, 4) is 0 Å². The number of carbonyl (C=O) groups excluding carboxylic acids is 1. The van der Waals surface area contributed by atoms with Crippen LogP contribution >= 0.6 is 0 Å². The highest BCUT2D eigenvalue weighted by atomic mass is 16.6. The predicted octanol–water partition coefficient (Wildman–Crippen LogP) is 2.33. The predicted molar refractivity (Wildman–Crippen MR) is 88.7 cm³/mol. The first-order valence-corrected chi connectivity index (χ1v) is 7.81. The summed E-state index contributed by atoms with van der Waals surface area (Å²) in [5.74, 6) is -1.99. The highest BCUT2D eigenvalue weighted by Crippen LogP contribution is 2.34. The molecule has 1 N–H and O–H groups in total. The van der Waals surface area contributed by atoms with Gasteiger partial charge in [-0.05, 0) is 26.3 Å².